The predicted octanol–water partition coefficient (Wildman–Crippen LogP) is -3.57. The summed E-state index contributed by atoms with van der Waals surface area (Å²) >= 11 is 5.37. The Bertz CT molecular complexity index is 1010. The molecule has 18 nitrogen and oxygen atoms in total. The third-order valence-electron chi connectivity index (χ3n) is 4.25. The van der Waals surface area contributed by atoms with Crippen LogP contribution < -0.4 is 31.9 Å². The number of imide groups is 2. The van der Waals surface area contributed by atoms with Gasteiger partial charge in [-0.05, 0) is 0 Å². The van der Waals surface area contributed by atoms with Crippen molar-refractivity contribution in [2.75, 3.05) is 13.3 Å². The van der Waals surface area contributed by atoms with Crippen LogP contribution in [0.5, 0.6) is 0 Å². The van der Waals surface area contributed by atoms with Crippen molar-refractivity contribution in [1.82, 2.24) is 39.8 Å². The van der Waals surface area contributed by atoms with Gasteiger partial charge in [0.15, 0.2) is 0 Å². The lowest BCUT2D eigenvalue weighted by Crippen LogP contribution is -2.72. The largest absolute Gasteiger partial charge is 0.391 e. The summed E-state index contributed by atoms with van der Waals surface area (Å²) in [6.45, 7) is -1.74. The minimum Gasteiger partial charge on any atom is -0.391 e. The highest BCUT2D eigenvalue weighted by Gasteiger charge is 2.68. The number of rotatable bonds is 6. The molecule has 0 radical (unpaired) electrons. The Kier molecular flexibility index (Phi) is 6.99. The Morgan fingerprint density at radius 2 is 1.61 bits per heavy atom. The number of nitrogens with zero attached hydrogens (tertiary/aromatic N) is 4. The summed E-state index contributed by atoms with van der Waals surface area (Å²) in [5.74, 6) is -2.48. The Morgan fingerprint density at radius 3 is 2.03 bits per heavy atom. The van der Waals surface area contributed by atoms with Gasteiger partial charge < -0.3 is 31.5 Å². The van der Waals surface area contributed by atoms with Crippen molar-refractivity contribution < 1.29 is 39.0 Å². The average molecular weight is 596 g/mol. The maximum atomic E-state index is 12.7. The Morgan fingerprint density at radius 1 is 1.06 bits per heavy atom. The van der Waals surface area contributed by atoms with Gasteiger partial charge in [-0.25, -0.2) is 27.0 Å². The Balaban J connectivity index is 2.14. The molecule has 2 unspecified atom stereocenters. The zero-order chi connectivity index (χ0) is 25.2. The number of amides is 10. The monoisotopic (exact) mass is 594 g/mol. The number of hydrogen-bond acceptors (Lipinski definition) is 10. The zero-order valence-electron chi connectivity index (χ0n) is 15.8. The number of carbonyl (C=O) groups is 6. The van der Waals surface area contributed by atoms with Crippen LogP contribution in [-0.4, -0.2) is 84.2 Å². The molecule has 2 fully saturated rings. The molecule has 0 aromatic heterocycles. The first-order valence-corrected chi connectivity index (χ1v) is 9.66. The average Bonchev–Trinajstić information content (AvgIpc) is 3.24. The fourth-order valence-electron chi connectivity index (χ4n) is 2.58. The fourth-order valence-corrected chi connectivity index (χ4v) is 3.78. The van der Waals surface area contributed by atoms with Gasteiger partial charge in [-0.3, -0.25) is 20.2 Å². The highest BCUT2D eigenvalue weighted by Crippen LogP contribution is 2.33. The first-order valence-electron chi connectivity index (χ1n) is 8.24. The SMILES string of the molecule is N#CC(O)(C#N)C1(N(Br)C(=O)N(Br)CNC(=O)NC2(CO)NC(=O)NC2=O)NC(=O)NC1=O. The summed E-state index contributed by atoms with van der Waals surface area (Å²) in [6.07, 6.45) is 0. The van der Waals surface area contributed by atoms with Crippen molar-refractivity contribution in [3.63, 3.8) is 0 Å². The maximum absolute atomic E-state index is 12.7. The van der Waals surface area contributed by atoms with E-state index < -0.39 is 66.1 Å². The molecular weight excluding hydrogens is 584 g/mol. The summed E-state index contributed by atoms with van der Waals surface area (Å²) < 4.78 is 0.690. The number of hydrogen-bond donors (Lipinski definition) is 8. The first kappa shape index (κ1) is 25.5. The Hall–Kier alpha value is -3.72. The number of nitrogens with one attached hydrogen (secondary N) is 6. The second-order valence-electron chi connectivity index (χ2n) is 6.24. The van der Waals surface area contributed by atoms with Crippen LogP contribution in [0.25, 0.3) is 0 Å². The molecule has 0 bridgehead atoms. The lowest BCUT2D eigenvalue weighted by atomic mass is 9.89. The molecular formula is C13H12Br2N10O8. The van der Waals surface area contributed by atoms with Crippen LogP contribution >= 0.6 is 32.3 Å². The molecule has 0 aromatic rings. The molecule has 0 aromatic carbocycles. The Labute approximate surface area is 199 Å². The van der Waals surface area contributed by atoms with E-state index in [0.29, 0.717) is 3.93 Å². The number of nitriles is 2. The van der Waals surface area contributed by atoms with Crippen LogP contribution in [0.15, 0.2) is 0 Å². The number of aliphatic hydroxyl groups excluding tert-OH is 1. The van der Waals surface area contributed by atoms with Gasteiger partial charge >= 0.3 is 24.1 Å². The lowest BCUT2D eigenvalue weighted by molar-refractivity contribution is -0.134. The molecule has 0 aliphatic carbocycles. The summed E-state index contributed by atoms with van der Waals surface area (Å²) in [5.41, 5.74) is -8.37. The molecule has 0 spiro atoms. The normalized spacial score (nSPS) is 23.8. The molecule has 176 valence electrons. The number of aliphatic hydroxyl groups is 2. The highest BCUT2D eigenvalue weighted by molar-refractivity contribution is 9.08. The molecule has 2 aliphatic rings. The molecule has 2 aliphatic heterocycles. The van der Waals surface area contributed by atoms with Crippen LogP contribution in [0.4, 0.5) is 19.2 Å². The fraction of sp³-hybridized carbons (Fsp3) is 0.385. The number of urea groups is 4. The van der Waals surface area contributed by atoms with Gasteiger partial charge in [0.2, 0.25) is 5.66 Å². The van der Waals surface area contributed by atoms with Gasteiger partial charge in [0, 0.05) is 0 Å². The van der Waals surface area contributed by atoms with Crippen molar-refractivity contribution in [2.24, 2.45) is 0 Å². The van der Waals surface area contributed by atoms with Crippen molar-refractivity contribution in [3.05, 3.63) is 0 Å². The standard InChI is InChI=1S/C13H12Br2N10O8/c14-24(4-18-7(29)21-12(3-26)5(27)19-8(30)22-12)10(32)25(15)13(11(33,1-16)2-17)6(28)20-9(31)23-13/h26,33H,3-4H2,(H2,18,21,29)(H2,19,22,27,30)(H2,20,23,28,31). The second kappa shape index (κ2) is 9.03. The summed E-state index contributed by atoms with van der Waals surface area (Å²) in [4.78, 5) is 71.8. The molecule has 2 heterocycles. The van der Waals surface area contributed by atoms with E-state index in [-0.39, 0.29) is 3.93 Å². The van der Waals surface area contributed by atoms with Crippen molar-refractivity contribution in [3.8, 4) is 12.1 Å². The van der Waals surface area contributed by atoms with Gasteiger partial charge in [-0.15, -0.1) is 0 Å². The molecule has 0 saturated carbocycles. The van der Waals surface area contributed by atoms with Gasteiger partial charge in [0.1, 0.15) is 18.8 Å². The number of halogens is 2. The van der Waals surface area contributed by atoms with E-state index in [1.54, 1.807) is 10.6 Å². The highest BCUT2D eigenvalue weighted by atomic mass is 79.9. The molecule has 10 amide bonds. The summed E-state index contributed by atoms with van der Waals surface area (Å²) in [5, 5.41) is 49.4. The third kappa shape index (κ3) is 4.19. The van der Waals surface area contributed by atoms with E-state index in [1.807, 2.05) is 16.0 Å². The zero-order valence-corrected chi connectivity index (χ0v) is 19.0. The van der Waals surface area contributed by atoms with Crippen LogP contribution in [0.2, 0.25) is 0 Å². The van der Waals surface area contributed by atoms with Gasteiger partial charge in [-0.2, -0.15) is 10.5 Å². The second-order valence-corrected chi connectivity index (χ2v) is 7.80. The molecule has 33 heavy (non-hydrogen) atoms. The quantitative estimate of drug-likeness (QED) is 0.0647. The maximum Gasteiger partial charge on any atom is 0.344 e. The van der Waals surface area contributed by atoms with E-state index >= 15 is 0 Å². The van der Waals surface area contributed by atoms with E-state index in [1.165, 1.54) is 0 Å². The molecule has 2 rings (SSSR count). The first-order chi connectivity index (χ1) is 15.3. The van der Waals surface area contributed by atoms with E-state index in [2.05, 4.69) is 37.6 Å². The van der Waals surface area contributed by atoms with E-state index in [0.717, 1.165) is 12.1 Å². The summed E-state index contributed by atoms with van der Waals surface area (Å²) in [6, 6.07) is -2.43. The van der Waals surface area contributed by atoms with Crippen LogP contribution in [0.1, 0.15) is 0 Å². The van der Waals surface area contributed by atoms with Gasteiger partial charge in [0.25, 0.3) is 23.1 Å². The van der Waals surface area contributed by atoms with Crippen molar-refractivity contribution in [2.45, 2.75) is 16.9 Å². The minimum atomic E-state index is -3.26. The van der Waals surface area contributed by atoms with Crippen molar-refractivity contribution >= 4 is 68.2 Å². The van der Waals surface area contributed by atoms with Crippen molar-refractivity contribution in [1.29, 1.82) is 10.5 Å². The van der Waals surface area contributed by atoms with Crippen LogP contribution in [0, 0.1) is 22.7 Å². The smallest absolute Gasteiger partial charge is 0.344 e. The third-order valence-corrected chi connectivity index (χ3v) is 5.64. The number of carbonyl (C=O) groups excluding carboxylic acids is 6. The lowest BCUT2D eigenvalue weighted by Gasteiger charge is -2.38. The van der Waals surface area contributed by atoms with E-state index in [4.69, 9.17) is 0 Å². The molecule has 2 saturated heterocycles. The van der Waals surface area contributed by atoms with Gasteiger partial charge in [-0.1, -0.05) is 0 Å². The molecule has 20 heteroatoms. The molecule has 8 N–H and O–H groups in total. The topological polar surface area (TPSA) is 269 Å². The van der Waals surface area contributed by atoms with E-state index in [9.17, 15) is 49.5 Å². The van der Waals surface area contributed by atoms with Crippen LogP contribution in [0.3, 0.4) is 0 Å². The van der Waals surface area contributed by atoms with Gasteiger partial charge in [0.05, 0.1) is 38.9 Å². The predicted molar refractivity (Wildman–Crippen MR) is 106 cm³/mol. The molecule has 2 atom stereocenters. The minimum absolute atomic E-state index is 0.181. The van der Waals surface area contributed by atoms with Crippen LogP contribution in [-0.2, 0) is 9.59 Å². The summed E-state index contributed by atoms with van der Waals surface area (Å²) in [7, 11) is 0.